The molecule has 1 amide bonds. The number of ketones is 1. The first-order chi connectivity index (χ1) is 9.00. The van der Waals surface area contributed by atoms with E-state index >= 15 is 0 Å². The van der Waals surface area contributed by atoms with Crippen LogP contribution in [0.4, 0.5) is 0 Å². The van der Waals surface area contributed by atoms with Gasteiger partial charge >= 0.3 is 0 Å². The van der Waals surface area contributed by atoms with Crippen LogP contribution in [-0.4, -0.2) is 34.7 Å². The number of Topliss-reactive ketones (excluding diaryl/α,β-unsaturated/α-hetero) is 1. The number of rotatable bonds is 4. The third-order valence-corrected chi connectivity index (χ3v) is 3.72. The van der Waals surface area contributed by atoms with Crippen LogP contribution in [0.25, 0.3) is 0 Å². The van der Waals surface area contributed by atoms with Crippen LogP contribution in [0.5, 0.6) is 0 Å². The molecular formula is C15H20N2O2. The first-order valence-corrected chi connectivity index (χ1v) is 6.63. The second-order valence-corrected chi connectivity index (χ2v) is 5.25. The van der Waals surface area contributed by atoms with Crippen molar-refractivity contribution >= 4 is 11.7 Å². The van der Waals surface area contributed by atoms with E-state index in [1.54, 1.807) is 4.90 Å². The van der Waals surface area contributed by atoms with E-state index in [1.807, 2.05) is 37.3 Å². The summed E-state index contributed by atoms with van der Waals surface area (Å²) in [7, 11) is 0. The Morgan fingerprint density at radius 1 is 1.42 bits per heavy atom. The van der Waals surface area contributed by atoms with E-state index in [-0.39, 0.29) is 17.7 Å². The summed E-state index contributed by atoms with van der Waals surface area (Å²) < 4.78 is 0. The smallest absolute Gasteiger partial charge is 0.240 e. The highest BCUT2D eigenvalue weighted by Crippen LogP contribution is 2.23. The summed E-state index contributed by atoms with van der Waals surface area (Å²) in [5.41, 5.74) is 6.85. The number of carbonyl (C=O) groups excluding carboxylic acids is 2. The number of nitrogens with two attached hydrogens (primary N) is 1. The van der Waals surface area contributed by atoms with E-state index < -0.39 is 12.1 Å². The summed E-state index contributed by atoms with van der Waals surface area (Å²) in [6.07, 6.45) is 1.18. The van der Waals surface area contributed by atoms with Crippen molar-refractivity contribution < 1.29 is 9.59 Å². The predicted molar refractivity (Wildman–Crippen MR) is 73.5 cm³/mol. The Balaban J connectivity index is 2.21. The van der Waals surface area contributed by atoms with Crippen molar-refractivity contribution in [3.63, 3.8) is 0 Å². The van der Waals surface area contributed by atoms with Crippen LogP contribution < -0.4 is 5.73 Å². The quantitative estimate of drug-likeness (QED) is 0.883. The summed E-state index contributed by atoms with van der Waals surface area (Å²) in [6.45, 7) is 3.49. The molecule has 1 heterocycles. The van der Waals surface area contributed by atoms with Gasteiger partial charge in [-0.05, 0) is 32.3 Å². The fourth-order valence-corrected chi connectivity index (χ4v) is 2.73. The highest BCUT2D eigenvalue weighted by molar-refractivity contribution is 5.91. The SMILES string of the molecule is CC(=O)[C@H](Cc1ccccc1)N1C(=O)[C@@H](N)CC1C. The fraction of sp³-hybridized carbons (Fsp3) is 0.467. The molecule has 1 aromatic rings. The molecule has 0 aliphatic carbocycles. The topological polar surface area (TPSA) is 63.4 Å². The van der Waals surface area contributed by atoms with E-state index in [0.29, 0.717) is 12.8 Å². The maximum atomic E-state index is 12.1. The van der Waals surface area contributed by atoms with Crippen LogP contribution in [0.3, 0.4) is 0 Å². The van der Waals surface area contributed by atoms with Gasteiger partial charge in [-0.1, -0.05) is 30.3 Å². The first-order valence-electron chi connectivity index (χ1n) is 6.63. The largest absolute Gasteiger partial charge is 0.328 e. The molecule has 19 heavy (non-hydrogen) atoms. The summed E-state index contributed by atoms with van der Waals surface area (Å²) in [5, 5.41) is 0. The molecule has 1 aliphatic rings. The predicted octanol–water partition coefficient (Wildman–Crippen LogP) is 1.13. The van der Waals surface area contributed by atoms with E-state index in [0.717, 1.165) is 5.56 Å². The standard InChI is InChI=1S/C15H20N2O2/c1-10-8-13(16)15(19)17(10)14(11(2)18)9-12-6-4-3-5-7-12/h3-7,10,13-14H,8-9,16H2,1-2H3/t10?,13-,14-/m0/s1. The second kappa shape index (κ2) is 5.53. The van der Waals surface area contributed by atoms with Crippen LogP contribution in [0, 0.1) is 0 Å². The minimum absolute atomic E-state index is 0.0122. The highest BCUT2D eigenvalue weighted by Gasteiger charge is 2.40. The molecule has 2 N–H and O–H groups in total. The number of amides is 1. The lowest BCUT2D eigenvalue weighted by Gasteiger charge is -2.30. The summed E-state index contributed by atoms with van der Waals surface area (Å²) in [6, 6.07) is 8.92. The Kier molecular flexibility index (Phi) is 4.00. The first kappa shape index (κ1) is 13.7. The van der Waals surface area contributed by atoms with Crippen molar-refractivity contribution in [2.45, 2.75) is 44.8 Å². The number of carbonyl (C=O) groups is 2. The molecule has 1 aromatic carbocycles. The maximum absolute atomic E-state index is 12.1. The van der Waals surface area contributed by atoms with Gasteiger partial charge in [0.1, 0.15) is 0 Å². The van der Waals surface area contributed by atoms with Gasteiger partial charge in [-0.15, -0.1) is 0 Å². The molecule has 0 spiro atoms. The van der Waals surface area contributed by atoms with E-state index in [2.05, 4.69) is 0 Å². The van der Waals surface area contributed by atoms with Gasteiger partial charge in [-0.3, -0.25) is 9.59 Å². The van der Waals surface area contributed by atoms with E-state index in [9.17, 15) is 9.59 Å². The molecule has 1 saturated heterocycles. The lowest BCUT2D eigenvalue weighted by molar-refractivity contribution is -0.137. The van der Waals surface area contributed by atoms with Crippen LogP contribution in [0.1, 0.15) is 25.8 Å². The number of hydrogen-bond acceptors (Lipinski definition) is 3. The zero-order chi connectivity index (χ0) is 14.0. The lowest BCUT2D eigenvalue weighted by Crippen LogP contribution is -2.48. The van der Waals surface area contributed by atoms with Crippen LogP contribution in [0.15, 0.2) is 30.3 Å². The fourth-order valence-electron chi connectivity index (χ4n) is 2.73. The van der Waals surface area contributed by atoms with Crippen LogP contribution in [0.2, 0.25) is 0 Å². The Labute approximate surface area is 113 Å². The number of likely N-dealkylation sites (tertiary alicyclic amines) is 1. The van der Waals surface area contributed by atoms with Gasteiger partial charge in [0.15, 0.2) is 5.78 Å². The summed E-state index contributed by atoms with van der Waals surface area (Å²) >= 11 is 0. The van der Waals surface area contributed by atoms with Crippen molar-refractivity contribution in [2.75, 3.05) is 0 Å². The van der Waals surface area contributed by atoms with Crippen LogP contribution in [-0.2, 0) is 16.0 Å². The monoisotopic (exact) mass is 260 g/mol. The molecule has 1 unspecified atom stereocenters. The Bertz CT molecular complexity index is 472. The Morgan fingerprint density at radius 2 is 2.05 bits per heavy atom. The molecule has 4 nitrogen and oxygen atoms in total. The molecule has 102 valence electrons. The molecule has 1 aliphatic heterocycles. The third kappa shape index (κ3) is 2.84. The van der Waals surface area contributed by atoms with Crippen LogP contribution >= 0.6 is 0 Å². The number of nitrogens with zero attached hydrogens (tertiary/aromatic N) is 1. The minimum atomic E-state index is -0.465. The molecule has 4 heteroatoms. The van der Waals surface area contributed by atoms with Crippen molar-refractivity contribution in [3.05, 3.63) is 35.9 Å². The highest BCUT2D eigenvalue weighted by atomic mass is 16.2. The Hall–Kier alpha value is -1.68. The zero-order valence-corrected chi connectivity index (χ0v) is 11.4. The molecule has 1 fully saturated rings. The van der Waals surface area contributed by atoms with Gasteiger partial charge < -0.3 is 10.6 Å². The molecule has 3 atom stereocenters. The van der Waals surface area contributed by atoms with Gasteiger partial charge in [0.05, 0.1) is 12.1 Å². The molecule has 2 rings (SSSR count). The van der Waals surface area contributed by atoms with Crippen molar-refractivity contribution in [2.24, 2.45) is 5.73 Å². The molecule has 0 bridgehead atoms. The summed E-state index contributed by atoms with van der Waals surface area (Å²) in [4.78, 5) is 25.7. The average molecular weight is 260 g/mol. The van der Waals surface area contributed by atoms with Gasteiger partial charge in [0.2, 0.25) is 5.91 Å². The van der Waals surface area contributed by atoms with Gasteiger partial charge in [-0.25, -0.2) is 0 Å². The van der Waals surface area contributed by atoms with Gasteiger partial charge in [-0.2, -0.15) is 0 Å². The van der Waals surface area contributed by atoms with E-state index in [1.165, 1.54) is 6.92 Å². The number of benzene rings is 1. The van der Waals surface area contributed by atoms with E-state index in [4.69, 9.17) is 5.73 Å². The van der Waals surface area contributed by atoms with Crippen molar-refractivity contribution in [1.29, 1.82) is 0 Å². The molecular weight excluding hydrogens is 240 g/mol. The zero-order valence-electron chi connectivity index (χ0n) is 11.4. The second-order valence-electron chi connectivity index (χ2n) is 5.25. The third-order valence-electron chi connectivity index (χ3n) is 3.72. The lowest BCUT2D eigenvalue weighted by atomic mass is 10.0. The normalized spacial score (nSPS) is 24.6. The van der Waals surface area contributed by atoms with Gasteiger partial charge in [0.25, 0.3) is 0 Å². The number of hydrogen-bond donors (Lipinski definition) is 1. The van der Waals surface area contributed by atoms with Gasteiger partial charge in [0, 0.05) is 6.04 Å². The Morgan fingerprint density at radius 3 is 2.53 bits per heavy atom. The maximum Gasteiger partial charge on any atom is 0.240 e. The van der Waals surface area contributed by atoms with Crippen molar-refractivity contribution in [1.82, 2.24) is 4.90 Å². The minimum Gasteiger partial charge on any atom is -0.328 e. The van der Waals surface area contributed by atoms with Crippen molar-refractivity contribution in [3.8, 4) is 0 Å². The average Bonchev–Trinajstić information content (AvgIpc) is 2.62. The molecule has 0 aromatic heterocycles. The molecule has 0 radical (unpaired) electrons. The molecule has 0 saturated carbocycles. The summed E-state index contributed by atoms with van der Waals surface area (Å²) in [5.74, 6) is -0.0956.